The molecule has 0 radical (unpaired) electrons. The Hall–Kier alpha value is -5.59. The minimum absolute atomic E-state index is 0.0988. The molecule has 1 heterocycles. The number of alkyl carbamates (subject to hydrolysis) is 1. The lowest BCUT2D eigenvalue weighted by molar-refractivity contribution is 0.0389. The van der Waals surface area contributed by atoms with Gasteiger partial charge >= 0.3 is 6.09 Å². The van der Waals surface area contributed by atoms with Gasteiger partial charge in [-0.05, 0) is 88.8 Å². The quantitative estimate of drug-likeness (QED) is 0.0988. The molecule has 1 aliphatic heterocycles. The zero-order chi connectivity index (χ0) is 48.4. The van der Waals surface area contributed by atoms with E-state index in [1.54, 1.807) is 64.1 Å². The summed E-state index contributed by atoms with van der Waals surface area (Å²) in [5.74, 6) is -1.41. The molecule has 5 amide bonds. The highest BCUT2D eigenvalue weighted by Crippen LogP contribution is 2.26. The van der Waals surface area contributed by atoms with Crippen molar-refractivity contribution in [2.45, 2.75) is 78.6 Å². The smallest absolute Gasteiger partial charge is 0.407 e. The first-order chi connectivity index (χ1) is 32.3. The number of benzene rings is 3. The van der Waals surface area contributed by atoms with E-state index >= 15 is 0 Å². The minimum Gasteiger partial charge on any atom is -0.487 e. The largest absolute Gasteiger partial charge is 0.487 e. The molecule has 368 valence electrons. The number of rotatable bonds is 18. The summed E-state index contributed by atoms with van der Waals surface area (Å²) in [6.45, 7) is 14.5. The molecule has 1 unspecified atom stereocenters. The van der Waals surface area contributed by atoms with Crippen LogP contribution < -0.4 is 31.3 Å². The van der Waals surface area contributed by atoms with Crippen molar-refractivity contribution in [2.75, 3.05) is 98.5 Å². The lowest BCUT2D eigenvalue weighted by Crippen LogP contribution is -2.47. The number of unbranched alkanes of at least 4 members (excludes halogenated alkanes) is 1. The molecule has 3 aromatic rings. The number of aliphatic hydroxyl groups excluding tert-OH is 1. The highest BCUT2D eigenvalue weighted by Gasteiger charge is 2.25. The standard InChI is InChI=1S/C50H73N7O10/c1-6-31-64-33-34-65-32-29-56-25-22-51-45(59)40-17-12-18-41(37(40)2)46(60)52-24-27-57(28-30-58)35-39(16-10-11-21-54-49(63)67-50(3,4)5)55-48(62)43-20-13-19-42(47(61)53-23-26-56)44(43)66-36-38-14-8-7-9-15-38/h7-9,12-15,17-20,39,58H,6,10-11,16,21-36H2,1-5H3,(H,51,59)(H,52,60)(H,53,61)(H,54,63)(H,55,62). The molecule has 1 atom stereocenters. The second-order valence-electron chi connectivity index (χ2n) is 17.4. The van der Waals surface area contributed by atoms with E-state index in [-0.39, 0.29) is 61.5 Å². The van der Waals surface area contributed by atoms with Crippen LogP contribution in [0.1, 0.15) is 106 Å². The van der Waals surface area contributed by atoms with E-state index in [2.05, 4.69) is 31.5 Å². The van der Waals surface area contributed by atoms with Crippen molar-refractivity contribution in [1.29, 1.82) is 0 Å². The Bertz CT molecular complexity index is 2010. The van der Waals surface area contributed by atoms with Gasteiger partial charge in [0.15, 0.2) is 0 Å². The zero-order valence-electron chi connectivity index (χ0n) is 40.1. The van der Waals surface area contributed by atoms with E-state index in [1.165, 1.54) is 0 Å². The number of aliphatic hydroxyl groups is 1. The first-order valence-electron chi connectivity index (χ1n) is 23.5. The maximum absolute atomic E-state index is 14.5. The number of para-hydroxylation sites is 1. The summed E-state index contributed by atoms with van der Waals surface area (Å²) in [5.41, 5.74) is 1.85. The van der Waals surface area contributed by atoms with Gasteiger partial charge in [-0.2, -0.15) is 0 Å². The number of ether oxygens (including phenoxy) is 4. The Labute approximate surface area is 396 Å². The molecule has 17 heteroatoms. The molecule has 0 fully saturated rings. The van der Waals surface area contributed by atoms with Crippen LogP contribution >= 0.6 is 0 Å². The van der Waals surface area contributed by atoms with E-state index in [4.69, 9.17) is 18.9 Å². The number of nitrogens with zero attached hydrogens (tertiary/aromatic N) is 2. The summed E-state index contributed by atoms with van der Waals surface area (Å²) < 4.78 is 23.1. The van der Waals surface area contributed by atoms with Crippen LogP contribution in [-0.2, 0) is 20.8 Å². The Morgan fingerprint density at radius 2 is 1.28 bits per heavy atom. The van der Waals surface area contributed by atoms with Crippen LogP contribution in [0.5, 0.6) is 5.75 Å². The number of hydrogen-bond donors (Lipinski definition) is 6. The van der Waals surface area contributed by atoms with Gasteiger partial charge in [-0.25, -0.2) is 4.79 Å². The van der Waals surface area contributed by atoms with Crippen molar-refractivity contribution in [3.63, 3.8) is 0 Å². The van der Waals surface area contributed by atoms with E-state index in [1.807, 2.05) is 42.2 Å². The number of carbonyl (C=O) groups excluding carboxylic acids is 5. The summed E-state index contributed by atoms with van der Waals surface area (Å²) in [6.07, 6.45) is 2.12. The van der Waals surface area contributed by atoms with Gasteiger partial charge in [0.25, 0.3) is 23.6 Å². The Kier molecular flexibility index (Phi) is 23.6. The number of β-amino-alcohol motifs (C(OH)–C–C–N with tert-alkyl or cyclic N) is 1. The van der Waals surface area contributed by atoms with Crippen LogP contribution in [0, 0.1) is 6.92 Å². The van der Waals surface area contributed by atoms with Gasteiger partial charge in [-0.3, -0.25) is 29.0 Å². The van der Waals surface area contributed by atoms with E-state index in [0.29, 0.717) is 108 Å². The van der Waals surface area contributed by atoms with Crippen LogP contribution in [0.25, 0.3) is 0 Å². The van der Waals surface area contributed by atoms with Gasteiger partial charge in [0.2, 0.25) is 0 Å². The van der Waals surface area contributed by atoms with Crippen LogP contribution in [-0.4, -0.2) is 155 Å². The predicted octanol–water partition coefficient (Wildman–Crippen LogP) is 4.31. The molecule has 0 saturated carbocycles. The van der Waals surface area contributed by atoms with Crippen molar-refractivity contribution in [2.24, 2.45) is 0 Å². The van der Waals surface area contributed by atoms with Crippen LogP contribution in [0.4, 0.5) is 4.79 Å². The fraction of sp³-hybridized carbons (Fsp3) is 0.540. The molecule has 17 nitrogen and oxygen atoms in total. The molecule has 67 heavy (non-hydrogen) atoms. The number of hydrogen-bond acceptors (Lipinski definition) is 12. The fourth-order valence-corrected chi connectivity index (χ4v) is 7.41. The topological polar surface area (TPSA) is 209 Å². The summed E-state index contributed by atoms with van der Waals surface area (Å²) in [5, 5.41) is 25.0. The zero-order valence-corrected chi connectivity index (χ0v) is 40.1. The summed E-state index contributed by atoms with van der Waals surface area (Å²) in [6, 6.07) is 18.9. The average molecular weight is 932 g/mol. The van der Waals surface area contributed by atoms with Gasteiger partial charge in [0.1, 0.15) is 18.0 Å². The molecule has 0 saturated heterocycles. The monoisotopic (exact) mass is 932 g/mol. The SMILES string of the molecule is CCCOCCOCCN1CCNC(=O)c2cccc(c2C)C(=O)NCCN(CCO)CC(CCCCNC(=O)OC(C)(C)C)NC(=O)c2cccc(c2OCc2ccccc2)C(=O)NCC1. The minimum atomic E-state index is -0.635. The van der Waals surface area contributed by atoms with Crippen LogP contribution in [0.15, 0.2) is 66.7 Å². The first-order valence-corrected chi connectivity index (χ1v) is 23.5. The predicted molar refractivity (Wildman–Crippen MR) is 257 cm³/mol. The van der Waals surface area contributed by atoms with Crippen LogP contribution in [0.3, 0.4) is 0 Å². The Morgan fingerprint density at radius 1 is 0.716 bits per heavy atom. The lowest BCUT2D eigenvalue weighted by Gasteiger charge is -2.28. The molecule has 0 aliphatic carbocycles. The van der Waals surface area contributed by atoms with Gasteiger partial charge in [0.05, 0.1) is 37.6 Å². The van der Waals surface area contributed by atoms with Gasteiger partial charge in [-0.1, -0.05) is 49.4 Å². The molecule has 4 rings (SSSR count). The van der Waals surface area contributed by atoms with Crippen molar-refractivity contribution in [1.82, 2.24) is 36.4 Å². The van der Waals surface area contributed by atoms with Crippen molar-refractivity contribution < 1.29 is 48.0 Å². The summed E-state index contributed by atoms with van der Waals surface area (Å²) >= 11 is 0. The molecular formula is C50H73N7O10. The maximum atomic E-state index is 14.5. The highest BCUT2D eigenvalue weighted by molar-refractivity contribution is 6.04. The van der Waals surface area contributed by atoms with E-state index < -0.39 is 29.6 Å². The molecule has 3 aromatic carbocycles. The normalized spacial score (nSPS) is 16.5. The van der Waals surface area contributed by atoms with Crippen molar-refractivity contribution in [3.8, 4) is 5.75 Å². The lowest BCUT2D eigenvalue weighted by atomic mass is 10.0. The van der Waals surface area contributed by atoms with Crippen LogP contribution in [0.2, 0.25) is 0 Å². The van der Waals surface area contributed by atoms with Gasteiger partial charge < -0.3 is 50.6 Å². The first kappa shape index (κ1) is 54.0. The molecular weight excluding hydrogens is 859 g/mol. The third-order valence-electron chi connectivity index (χ3n) is 10.8. The summed E-state index contributed by atoms with van der Waals surface area (Å²) in [4.78, 5) is 71.9. The number of nitrogens with one attached hydrogen (secondary N) is 5. The second kappa shape index (κ2) is 29.2. The second-order valence-corrected chi connectivity index (χ2v) is 17.4. The number of fused-ring (bicyclic) bond motifs is 4. The molecule has 1 aliphatic rings. The third kappa shape index (κ3) is 19.7. The molecule has 0 aromatic heterocycles. The molecule has 0 spiro atoms. The summed E-state index contributed by atoms with van der Waals surface area (Å²) in [7, 11) is 0. The van der Waals surface area contributed by atoms with E-state index in [0.717, 1.165) is 12.0 Å². The third-order valence-corrected chi connectivity index (χ3v) is 10.8. The maximum Gasteiger partial charge on any atom is 0.407 e. The van der Waals surface area contributed by atoms with Gasteiger partial charge in [0, 0.05) is 89.2 Å². The van der Waals surface area contributed by atoms with E-state index in [9.17, 15) is 29.1 Å². The Balaban J connectivity index is 1.63. The van der Waals surface area contributed by atoms with Crippen molar-refractivity contribution in [3.05, 3.63) is 100 Å². The average Bonchev–Trinajstić information content (AvgIpc) is 3.29. The molecule has 4 bridgehead atoms. The highest BCUT2D eigenvalue weighted by atomic mass is 16.6. The number of carbonyl (C=O) groups is 5. The number of amides is 5. The van der Waals surface area contributed by atoms with Crippen molar-refractivity contribution >= 4 is 29.7 Å². The Morgan fingerprint density at radius 3 is 1.88 bits per heavy atom. The molecule has 6 N–H and O–H groups in total. The fourth-order valence-electron chi connectivity index (χ4n) is 7.41. The van der Waals surface area contributed by atoms with Gasteiger partial charge in [-0.15, -0.1) is 0 Å².